The molecular formula is C34H41N5O3. The molecule has 8 heteroatoms. The minimum Gasteiger partial charge on any atom is -0.343 e. The Morgan fingerprint density at radius 1 is 0.857 bits per heavy atom. The molecule has 220 valence electrons. The Bertz CT molecular complexity index is 1300. The Balaban J connectivity index is 1.35. The van der Waals surface area contributed by atoms with E-state index in [4.69, 9.17) is 5.73 Å². The number of carbonyl (C=O) groups is 3. The van der Waals surface area contributed by atoms with Crippen LogP contribution in [0.15, 0.2) is 91.0 Å². The number of hydrogen-bond acceptors (Lipinski definition) is 5. The number of rotatable bonds is 10. The lowest BCUT2D eigenvalue weighted by molar-refractivity contribution is -0.143. The molecule has 5 atom stereocenters. The number of nitrogens with two attached hydrogens (primary N) is 1. The summed E-state index contributed by atoms with van der Waals surface area (Å²) < 4.78 is 0. The molecule has 2 aliphatic rings. The highest BCUT2D eigenvalue weighted by Gasteiger charge is 2.47. The van der Waals surface area contributed by atoms with Gasteiger partial charge < -0.3 is 26.6 Å². The first kappa shape index (κ1) is 29.5. The van der Waals surface area contributed by atoms with Gasteiger partial charge in [-0.3, -0.25) is 14.4 Å². The van der Waals surface area contributed by atoms with Crippen molar-refractivity contribution in [2.45, 2.75) is 62.3 Å². The highest BCUT2D eigenvalue weighted by molar-refractivity contribution is 5.94. The molecule has 5 N–H and O–H groups in total. The quantitative estimate of drug-likeness (QED) is 0.301. The number of nitrogens with zero attached hydrogens (tertiary/aromatic N) is 1. The summed E-state index contributed by atoms with van der Waals surface area (Å²) in [5.41, 5.74) is 9.12. The van der Waals surface area contributed by atoms with E-state index in [0.717, 1.165) is 29.5 Å². The Hall–Kier alpha value is -4.01. The molecule has 3 aromatic rings. The molecule has 8 nitrogen and oxygen atoms in total. The molecule has 2 heterocycles. The Morgan fingerprint density at radius 2 is 1.43 bits per heavy atom. The van der Waals surface area contributed by atoms with E-state index < -0.39 is 18.1 Å². The summed E-state index contributed by atoms with van der Waals surface area (Å²) in [6.07, 6.45) is 3.29. The van der Waals surface area contributed by atoms with Gasteiger partial charge in [0.15, 0.2) is 0 Å². The predicted molar refractivity (Wildman–Crippen MR) is 163 cm³/mol. The first-order valence-electron chi connectivity index (χ1n) is 14.9. The van der Waals surface area contributed by atoms with Gasteiger partial charge in [-0.2, -0.15) is 0 Å². The number of amides is 3. The van der Waals surface area contributed by atoms with Crippen LogP contribution in [0, 0.1) is 5.92 Å². The number of nitrogens with one attached hydrogen (secondary N) is 3. The van der Waals surface area contributed by atoms with E-state index in [1.807, 2.05) is 91.0 Å². The summed E-state index contributed by atoms with van der Waals surface area (Å²) >= 11 is 0. The SMILES string of the molecule is CN[C@H](Cc1ccccc1)C(=O)NC1C(=O)N2C(CCC1CN)CC[C@H]2C(=O)NC(c1ccccc1)c1ccccc1. The molecule has 5 rings (SSSR count). The summed E-state index contributed by atoms with van der Waals surface area (Å²) in [7, 11) is 1.75. The summed E-state index contributed by atoms with van der Waals surface area (Å²) in [6.45, 7) is 0.279. The minimum absolute atomic E-state index is 0.0551. The standard InChI is InChI=1S/C34H41N5O3/c1-36-28(21-23-11-5-2-6-12-23)32(40)38-31-26(22-35)17-18-27-19-20-29(39(27)34(31)42)33(41)37-30(24-13-7-3-8-14-24)25-15-9-4-10-16-25/h2-16,26-31,36H,17-22,35H2,1H3,(H,37,41)(H,38,40)/t26?,27?,28-,29+,31?/m1/s1. The average Bonchev–Trinajstić information content (AvgIpc) is 3.42. The molecule has 2 aliphatic heterocycles. The highest BCUT2D eigenvalue weighted by Crippen LogP contribution is 2.34. The number of likely N-dealkylation sites (N-methyl/N-ethyl adjacent to an activating group) is 1. The number of benzene rings is 3. The maximum atomic E-state index is 14.2. The van der Waals surface area contributed by atoms with Crippen LogP contribution in [0.1, 0.15) is 48.4 Å². The van der Waals surface area contributed by atoms with Crippen molar-refractivity contribution < 1.29 is 14.4 Å². The summed E-state index contributed by atoms with van der Waals surface area (Å²) in [6, 6.07) is 27.2. The van der Waals surface area contributed by atoms with Gasteiger partial charge in [0.2, 0.25) is 17.7 Å². The Labute approximate surface area is 248 Å². The van der Waals surface area contributed by atoms with E-state index in [0.29, 0.717) is 19.3 Å². The molecule has 3 aromatic carbocycles. The first-order valence-corrected chi connectivity index (χ1v) is 14.9. The first-order chi connectivity index (χ1) is 20.5. The second kappa shape index (κ2) is 13.8. The van der Waals surface area contributed by atoms with Crippen molar-refractivity contribution in [2.75, 3.05) is 13.6 Å². The van der Waals surface area contributed by atoms with Crippen LogP contribution >= 0.6 is 0 Å². The maximum Gasteiger partial charge on any atom is 0.246 e. The number of fused-ring (bicyclic) bond motifs is 1. The lowest BCUT2D eigenvalue weighted by Gasteiger charge is -2.33. The maximum absolute atomic E-state index is 14.2. The van der Waals surface area contributed by atoms with Crippen LogP contribution in [-0.4, -0.2) is 60.4 Å². The van der Waals surface area contributed by atoms with Crippen molar-refractivity contribution in [3.63, 3.8) is 0 Å². The van der Waals surface area contributed by atoms with Crippen molar-refractivity contribution >= 4 is 17.7 Å². The van der Waals surface area contributed by atoms with Gasteiger partial charge in [0.25, 0.3) is 0 Å². The second-order valence-corrected chi connectivity index (χ2v) is 11.3. The average molecular weight is 568 g/mol. The molecule has 0 saturated carbocycles. The zero-order chi connectivity index (χ0) is 29.5. The van der Waals surface area contributed by atoms with Gasteiger partial charge >= 0.3 is 0 Å². The van der Waals surface area contributed by atoms with Gasteiger partial charge in [0, 0.05) is 12.0 Å². The zero-order valence-electron chi connectivity index (χ0n) is 24.1. The smallest absolute Gasteiger partial charge is 0.246 e. The van der Waals surface area contributed by atoms with Crippen molar-refractivity contribution in [3.05, 3.63) is 108 Å². The van der Waals surface area contributed by atoms with Crippen molar-refractivity contribution in [1.82, 2.24) is 20.9 Å². The van der Waals surface area contributed by atoms with Crippen LogP contribution in [0.4, 0.5) is 0 Å². The second-order valence-electron chi connectivity index (χ2n) is 11.3. The van der Waals surface area contributed by atoms with Crippen LogP contribution in [0.2, 0.25) is 0 Å². The normalized spacial score (nSPS) is 22.7. The van der Waals surface area contributed by atoms with Crippen LogP contribution in [0.3, 0.4) is 0 Å². The monoisotopic (exact) mass is 567 g/mol. The molecule has 2 fully saturated rings. The molecule has 3 unspecified atom stereocenters. The van der Waals surface area contributed by atoms with Gasteiger partial charge in [-0.1, -0.05) is 91.0 Å². The lowest BCUT2D eigenvalue weighted by atomic mass is 9.93. The topological polar surface area (TPSA) is 117 Å². The number of carbonyl (C=O) groups excluding carboxylic acids is 3. The van der Waals surface area contributed by atoms with Crippen LogP contribution in [-0.2, 0) is 20.8 Å². The summed E-state index contributed by atoms with van der Waals surface area (Å²) in [4.78, 5) is 43.3. The fourth-order valence-electron chi connectivity index (χ4n) is 6.44. The fourth-order valence-corrected chi connectivity index (χ4v) is 6.44. The van der Waals surface area contributed by atoms with Gasteiger partial charge in [0.05, 0.1) is 12.1 Å². The fraction of sp³-hybridized carbons (Fsp3) is 0.382. The van der Waals surface area contributed by atoms with E-state index >= 15 is 0 Å². The molecular weight excluding hydrogens is 526 g/mol. The molecule has 0 spiro atoms. The Morgan fingerprint density at radius 3 is 2.00 bits per heavy atom. The number of hydrogen-bond donors (Lipinski definition) is 4. The Kier molecular flexibility index (Phi) is 9.66. The van der Waals surface area contributed by atoms with Gasteiger partial charge in [-0.05, 0) is 62.4 Å². The third kappa shape index (κ3) is 6.55. The van der Waals surface area contributed by atoms with Gasteiger partial charge in [0.1, 0.15) is 12.1 Å². The van der Waals surface area contributed by atoms with Crippen LogP contribution in [0.25, 0.3) is 0 Å². The van der Waals surface area contributed by atoms with E-state index in [1.165, 1.54) is 0 Å². The van der Waals surface area contributed by atoms with Crippen molar-refractivity contribution in [3.8, 4) is 0 Å². The molecule has 0 aromatic heterocycles. The molecule has 0 aliphatic carbocycles. The van der Waals surface area contributed by atoms with Gasteiger partial charge in [-0.15, -0.1) is 0 Å². The summed E-state index contributed by atoms with van der Waals surface area (Å²) in [5, 5.41) is 9.38. The third-order valence-electron chi connectivity index (χ3n) is 8.77. The molecule has 0 radical (unpaired) electrons. The lowest BCUT2D eigenvalue weighted by Crippen LogP contribution is -2.59. The summed E-state index contributed by atoms with van der Waals surface area (Å²) in [5.74, 6) is -0.849. The molecule has 0 bridgehead atoms. The highest BCUT2D eigenvalue weighted by atomic mass is 16.2. The minimum atomic E-state index is -0.786. The van der Waals surface area contributed by atoms with E-state index in [1.54, 1.807) is 11.9 Å². The largest absolute Gasteiger partial charge is 0.343 e. The van der Waals surface area contributed by atoms with E-state index in [2.05, 4.69) is 16.0 Å². The van der Waals surface area contributed by atoms with E-state index in [9.17, 15) is 14.4 Å². The van der Waals surface area contributed by atoms with Crippen molar-refractivity contribution in [1.29, 1.82) is 0 Å². The molecule has 2 saturated heterocycles. The van der Waals surface area contributed by atoms with Crippen molar-refractivity contribution in [2.24, 2.45) is 11.7 Å². The third-order valence-corrected chi connectivity index (χ3v) is 8.77. The molecule has 42 heavy (non-hydrogen) atoms. The predicted octanol–water partition coefficient (Wildman–Crippen LogP) is 2.94. The molecule has 3 amide bonds. The van der Waals surface area contributed by atoms with E-state index in [-0.39, 0.29) is 42.3 Å². The van der Waals surface area contributed by atoms with Crippen LogP contribution in [0.5, 0.6) is 0 Å². The zero-order valence-corrected chi connectivity index (χ0v) is 24.1. The van der Waals surface area contributed by atoms with Gasteiger partial charge in [-0.25, -0.2) is 0 Å². The van der Waals surface area contributed by atoms with Crippen LogP contribution < -0.4 is 21.7 Å².